The molecule has 0 aromatic heterocycles. The molecule has 2 atom stereocenters. The predicted molar refractivity (Wildman–Crippen MR) is 293 cm³/mol. The van der Waals surface area contributed by atoms with Crippen molar-refractivity contribution in [3.63, 3.8) is 0 Å². The lowest BCUT2D eigenvalue weighted by Gasteiger charge is -2.31. The third kappa shape index (κ3) is 14.0. The summed E-state index contributed by atoms with van der Waals surface area (Å²) < 4.78 is 50.6. The Morgan fingerprint density at radius 2 is 0.653 bits per heavy atom. The van der Waals surface area contributed by atoms with Crippen LogP contribution in [0, 0.1) is 0 Å². The Kier molecular flexibility index (Phi) is 18.0. The van der Waals surface area contributed by atoms with E-state index in [0.29, 0.717) is 37.2 Å². The van der Waals surface area contributed by atoms with E-state index in [4.69, 9.17) is 18.5 Å². The maximum Gasteiger partial charge on any atom is 0.347 e. The van der Waals surface area contributed by atoms with E-state index in [1.54, 1.807) is 41.5 Å². The second kappa shape index (κ2) is 21.9. The second-order valence-electron chi connectivity index (χ2n) is 24.8. The van der Waals surface area contributed by atoms with Gasteiger partial charge in [-0.25, -0.2) is 0 Å². The van der Waals surface area contributed by atoms with E-state index in [9.17, 15) is 29.1 Å². The van der Waals surface area contributed by atoms with Gasteiger partial charge in [0.2, 0.25) is 0 Å². The molecule has 0 aliphatic heterocycles. The fourth-order valence-electron chi connectivity index (χ4n) is 8.91. The van der Waals surface area contributed by atoms with Gasteiger partial charge in [-0.05, 0) is 130 Å². The van der Waals surface area contributed by atoms with E-state index in [0.717, 1.165) is 66.8 Å². The quantitative estimate of drug-likeness (QED) is 0.0408. The number of ether oxygens (including phenoxy) is 2. The van der Waals surface area contributed by atoms with Gasteiger partial charge in [0, 0.05) is 38.8 Å². The van der Waals surface area contributed by atoms with Crippen molar-refractivity contribution in [2.75, 3.05) is 39.5 Å². The summed E-state index contributed by atoms with van der Waals surface area (Å²) >= 11 is 0. The Morgan fingerprint density at radius 1 is 0.431 bits per heavy atom. The van der Waals surface area contributed by atoms with Gasteiger partial charge in [0.15, 0.2) is 0 Å². The lowest BCUT2D eigenvalue weighted by Crippen LogP contribution is -2.41. The molecule has 4 aromatic carbocycles. The van der Waals surface area contributed by atoms with Gasteiger partial charge in [-0.15, -0.1) is 0 Å². The minimum atomic E-state index is -4.02. The molecule has 0 heterocycles. The number of hydrogen-bond donors (Lipinski definition) is 6. The highest BCUT2D eigenvalue weighted by Gasteiger charge is 2.41. The van der Waals surface area contributed by atoms with E-state index in [2.05, 4.69) is 142 Å². The first-order chi connectivity index (χ1) is 32.9. The number of hydrogen-bond acceptors (Lipinski definition) is 10. The molecular formula is C58H88N2O10P2. The monoisotopic (exact) mass is 1030 g/mol. The first-order valence-electron chi connectivity index (χ1n) is 25.7. The Morgan fingerprint density at radius 3 is 0.861 bits per heavy atom. The summed E-state index contributed by atoms with van der Waals surface area (Å²) in [6.45, 7) is 37.0. The molecule has 4 aromatic rings. The van der Waals surface area contributed by atoms with E-state index < -0.39 is 25.8 Å². The third-order valence-corrected chi connectivity index (χ3v) is 18.2. The van der Waals surface area contributed by atoms with Crippen molar-refractivity contribution in [2.45, 2.75) is 183 Å². The van der Waals surface area contributed by atoms with Crippen LogP contribution in [0.3, 0.4) is 0 Å². The fourth-order valence-corrected chi connectivity index (χ4v) is 10.9. The van der Waals surface area contributed by atoms with Gasteiger partial charge in [0.25, 0.3) is 0 Å². The maximum absolute atomic E-state index is 13.2. The lowest BCUT2D eigenvalue weighted by atomic mass is 9.79. The SMILES string of the molecule is CCOP(=O)(O)C(C)(C)NCCOc1c2cc(C(C)(C)C)cc1Cc1cc(C(C)(C)C)cc(c1O)Cc1cc(C(C)(C)C)cc(c1OCCNC(C)(C)P(=O)(O)OCC)Cc1cc(C(C)(C)C)cc(c1O)C2. The highest BCUT2D eigenvalue weighted by Crippen LogP contribution is 2.54. The van der Waals surface area contributed by atoms with Crippen LogP contribution in [0.2, 0.25) is 0 Å². The smallest absolute Gasteiger partial charge is 0.347 e. The van der Waals surface area contributed by atoms with Crippen molar-refractivity contribution in [1.82, 2.24) is 10.6 Å². The molecule has 0 spiro atoms. The summed E-state index contributed by atoms with van der Waals surface area (Å²) in [5.41, 5.74) is 9.43. The summed E-state index contributed by atoms with van der Waals surface area (Å²) in [6.07, 6.45) is 1.27. The number of benzene rings is 4. The van der Waals surface area contributed by atoms with Crippen molar-refractivity contribution in [1.29, 1.82) is 0 Å². The minimum Gasteiger partial charge on any atom is -0.507 e. The molecule has 0 radical (unpaired) electrons. The van der Waals surface area contributed by atoms with E-state index >= 15 is 0 Å². The average Bonchev–Trinajstić information content (AvgIpc) is 3.22. The van der Waals surface area contributed by atoms with Gasteiger partial charge in [0.1, 0.15) is 46.8 Å². The van der Waals surface area contributed by atoms with Gasteiger partial charge in [-0.1, -0.05) is 132 Å². The first kappa shape index (κ1) is 59.2. The number of fused-ring (bicyclic) bond motifs is 8. The number of phenolic OH excluding ortho intramolecular Hbond substituents is 2. The topological polar surface area (TPSA) is 176 Å². The molecule has 5 rings (SSSR count). The Labute approximate surface area is 432 Å². The van der Waals surface area contributed by atoms with Crippen LogP contribution in [0.15, 0.2) is 48.5 Å². The molecule has 2 unspecified atom stereocenters. The molecule has 8 bridgehead atoms. The highest BCUT2D eigenvalue weighted by molar-refractivity contribution is 7.54. The first-order valence-corrected chi connectivity index (χ1v) is 28.8. The minimum absolute atomic E-state index is 0.0981. The molecule has 400 valence electrons. The van der Waals surface area contributed by atoms with Crippen LogP contribution in [0.25, 0.3) is 0 Å². The molecule has 0 saturated heterocycles. The number of rotatable bonds is 16. The van der Waals surface area contributed by atoms with Crippen molar-refractivity contribution in [3.8, 4) is 23.0 Å². The Balaban J connectivity index is 1.82. The molecule has 14 heteroatoms. The molecule has 0 saturated carbocycles. The average molecular weight is 1040 g/mol. The van der Waals surface area contributed by atoms with Crippen LogP contribution < -0.4 is 20.1 Å². The van der Waals surface area contributed by atoms with Crippen LogP contribution in [-0.4, -0.2) is 70.1 Å². The molecular weight excluding hydrogens is 947 g/mol. The van der Waals surface area contributed by atoms with E-state index in [1.807, 2.05) is 0 Å². The molecule has 6 N–H and O–H groups in total. The summed E-state index contributed by atoms with van der Waals surface area (Å²) in [5, 5.41) is 29.3. The van der Waals surface area contributed by atoms with Crippen LogP contribution in [0.5, 0.6) is 23.0 Å². The van der Waals surface area contributed by atoms with Crippen LogP contribution in [0.4, 0.5) is 0 Å². The normalized spacial score (nSPS) is 15.7. The van der Waals surface area contributed by atoms with E-state index in [1.165, 1.54) is 0 Å². The second-order valence-corrected chi connectivity index (χ2v) is 29.6. The van der Waals surface area contributed by atoms with Crippen molar-refractivity contribution in [3.05, 3.63) is 115 Å². The number of phenols is 2. The van der Waals surface area contributed by atoms with Gasteiger partial charge in [-0.2, -0.15) is 0 Å². The standard InChI is InChI=1S/C58H88N2O10P2/c1-19-69-71(63,64)57(15,16)59-21-23-67-51-41-25-37-29-45(53(3,4)5)31-39(49(37)61)27-43-35-48(56(12,13)14)36-44(52(43)68-24-22-60-58(17,18)72(65,66)70-20-2)28-40-32-46(54(6,7)8)30-38(50(40)62)26-42(51)34-47(33-41)55(9,10)11/h29-36,59-62H,19-28H2,1-18H3,(H,63,64)(H,65,66). The lowest BCUT2D eigenvalue weighted by molar-refractivity contribution is 0.232. The number of aromatic hydroxyl groups is 2. The summed E-state index contributed by atoms with van der Waals surface area (Å²) in [6, 6.07) is 17.1. The van der Waals surface area contributed by atoms with Crippen molar-refractivity contribution < 1.29 is 47.7 Å². The fraction of sp³-hybridized carbons (Fsp3) is 0.586. The third-order valence-electron chi connectivity index (χ3n) is 13.8. The zero-order chi connectivity index (χ0) is 54.2. The maximum atomic E-state index is 13.2. The molecule has 1 aliphatic rings. The molecule has 72 heavy (non-hydrogen) atoms. The Bertz CT molecular complexity index is 2400. The van der Waals surface area contributed by atoms with Crippen LogP contribution in [-0.2, 0) is 65.5 Å². The van der Waals surface area contributed by atoms with Crippen molar-refractivity contribution in [2.24, 2.45) is 0 Å². The van der Waals surface area contributed by atoms with Crippen LogP contribution >= 0.6 is 15.2 Å². The summed E-state index contributed by atoms with van der Waals surface area (Å²) in [7, 11) is -8.03. The zero-order valence-corrected chi connectivity index (χ0v) is 48.6. The summed E-state index contributed by atoms with van der Waals surface area (Å²) in [4.78, 5) is 21.5. The van der Waals surface area contributed by atoms with Gasteiger partial charge in [0.05, 0.1) is 13.2 Å². The summed E-state index contributed by atoms with van der Waals surface area (Å²) in [5.74, 6) is 1.60. The highest BCUT2D eigenvalue weighted by atomic mass is 31.2. The largest absolute Gasteiger partial charge is 0.507 e. The van der Waals surface area contributed by atoms with Crippen LogP contribution in [0.1, 0.15) is 191 Å². The predicted octanol–water partition coefficient (Wildman–Crippen LogP) is 12.8. The zero-order valence-electron chi connectivity index (χ0n) is 46.8. The van der Waals surface area contributed by atoms with Crippen molar-refractivity contribution >= 4 is 15.2 Å². The molecule has 0 amide bonds. The van der Waals surface area contributed by atoms with Gasteiger partial charge in [-0.3, -0.25) is 19.8 Å². The molecule has 1 aliphatic carbocycles. The molecule has 0 fully saturated rings. The van der Waals surface area contributed by atoms with E-state index in [-0.39, 0.29) is 72.7 Å². The van der Waals surface area contributed by atoms with Gasteiger partial charge < -0.3 is 38.5 Å². The van der Waals surface area contributed by atoms with Gasteiger partial charge >= 0.3 is 15.2 Å². The number of nitrogens with one attached hydrogen (secondary N) is 2. The molecule has 12 nitrogen and oxygen atoms in total. The Hall–Kier alpha value is -3.70.